The van der Waals surface area contributed by atoms with E-state index in [0.717, 1.165) is 22.4 Å². The third kappa shape index (κ3) is 2.62. The molecule has 4 nitrogen and oxygen atoms in total. The molecule has 0 spiro atoms. The summed E-state index contributed by atoms with van der Waals surface area (Å²) in [5.74, 6) is 0.647. The molecule has 4 aromatic rings. The lowest BCUT2D eigenvalue weighted by Crippen LogP contribution is -2.21. The summed E-state index contributed by atoms with van der Waals surface area (Å²) in [5.41, 5.74) is 4.07. The number of nitrogens with zero attached hydrogens (tertiary/aromatic N) is 3. The molecule has 4 heteroatoms. The van der Waals surface area contributed by atoms with Crippen LogP contribution in [0.25, 0.3) is 33.4 Å². The molecule has 0 N–H and O–H groups in total. The molecule has 2 aromatic carbocycles. The van der Waals surface area contributed by atoms with Gasteiger partial charge in [0.05, 0.1) is 11.1 Å². The highest BCUT2D eigenvalue weighted by Gasteiger charge is 2.15. The maximum Gasteiger partial charge on any atom is 0.263 e. The van der Waals surface area contributed by atoms with Crippen molar-refractivity contribution in [2.24, 2.45) is 7.05 Å². The zero-order valence-corrected chi connectivity index (χ0v) is 14.1. The monoisotopic (exact) mass is 327 g/mol. The fourth-order valence-corrected chi connectivity index (χ4v) is 2.97. The van der Waals surface area contributed by atoms with Gasteiger partial charge < -0.3 is 0 Å². The SMILES string of the molecule is Cc1nc2nc(-c3ccccc3)cc(-c3ccccc3)c2c(=O)n1C. The fraction of sp³-hybridized carbons (Fsp3) is 0.0952. The number of rotatable bonds is 2. The summed E-state index contributed by atoms with van der Waals surface area (Å²) in [6.45, 7) is 1.82. The Morgan fingerprint density at radius 3 is 2.08 bits per heavy atom. The van der Waals surface area contributed by atoms with Gasteiger partial charge in [-0.1, -0.05) is 60.7 Å². The molecule has 2 heterocycles. The van der Waals surface area contributed by atoms with Gasteiger partial charge in [-0.05, 0) is 18.6 Å². The fourth-order valence-electron chi connectivity index (χ4n) is 2.97. The van der Waals surface area contributed by atoms with Gasteiger partial charge >= 0.3 is 0 Å². The number of hydrogen-bond donors (Lipinski definition) is 0. The molecule has 0 unspecified atom stereocenters. The molecule has 0 aliphatic carbocycles. The van der Waals surface area contributed by atoms with E-state index >= 15 is 0 Å². The van der Waals surface area contributed by atoms with Crippen LogP contribution < -0.4 is 5.56 Å². The average Bonchev–Trinajstić information content (AvgIpc) is 2.66. The van der Waals surface area contributed by atoms with E-state index in [2.05, 4.69) is 9.97 Å². The second-order valence-electron chi connectivity index (χ2n) is 6.01. The first-order valence-electron chi connectivity index (χ1n) is 8.14. The predicted molar refractivity (Wildman–Crippen MR) is 100 cm³/mol. The lowest BCUT2D eigenvalue weighted by Gasteiger charge is -2.12. The molecule has 0 radical (unpaired) electrons. The highest BCUT2D eigenvalue weighted by atomic mass is 16.1. The summed E-state index contributed by atoms with van der Waals surface area (Å²) in [5, 5.41) is 0.555. The molecular formula is C21H17N3O. The van der Waals surface area contributed by atoms with E-state index < -0.39 is 0 Å². The average molecular weight is 327 g/mol. The highest BCUT2D eigenvalue weighted by molar-refractivity contribution is 5.94. The first-order valence-corrected chi connectivity index (χ1v) is 8.14. The minimum absolute atomic E-state index is 0.0755. The van der Waals surface area contributed by atoms with Crippen LogP contribution in [0.4, 0.5) is 0 Å². The van der Waals surface area contributed by atoms with Gasteiger partial charge in [-0.25, -0.2) is 9.97 Å². The lowest BCUT2D eigenvalue weighted by molar-refractivity contribution is 0.790. The van der Waals surface area contributed by atoms with E-state index in [1.165, 1.54) is 0 Å². The molecule has 25 heavy (non-hydrogen) atoms. The largest absolute Gasteiger partial charge is 0.299 e. The summed E-state index contributed by atoms with van der Waals surface area (Å²) in [6, 6.07) is 21.8. The van der Waals surface area contributed by atoms with E-state index in [-0.39, 0.29) is 5.56 Å². The van der Waals surface area contributed by atoms with Crippen molar-refractivity contribution in [2.45, 2.75) is 6.92 Å². The zero-order valence-electron chi connectivity index (χ0n) is 14.1. The molecule has 0 atom stereocenters. The van der Waals surface area contributed by atoms with Gasteiger partial charge in [0.15, 0.2) is 5.65 Å². The van der Waals surface area contributed by atoms with Gasteiger partial charge in [0, 0.05) is 18.2 Å². The van der Waals surface area contributed by atoms with Gasteiger partial charge in [0.2, 0.25) is 0 Å². The summed E-state index contributed by atoms with van der Waals surface area (Å²) in [6.07, 6.45) is 0. The minimum Gasteiger partial charge on any atom is -0.299 e. The maximum atomic E-state index is 12.9. The van der Waals surface area contributed by atoms with Gasteiger partial charge in [-0.2, -0.15) is 0 Å². The van der Waals surface area contributed by atoms with Gasteiger partial charge in [-0.15, -0.1) is 0 Å². The van der Waals surface area contributed by atoms with Crippen LogP contribution in [0.5, 0.6) is 0 Å². The van der Waals surface area contributed by atoms with Crippen LogP contribution >= 0.6 is 0 Å². The Kier molecular flexibility index (Phi) is 3.65. The van der Waals surface area contributed by atoms with Crippen LogP contribution in [0.3, 0.4) is 0 Å². The van der Waals surface area contributed by atoms with Crippen molar-refractivity contribution in [3.63, 3.8) is 0 Å². The van der Waals surface area contributed by atoms with Crippen molar-refractivity contribution in [1.82, 2.24) is 14.5 Å². The highest BCUT2D eigenvalue weighted by Crippen LogP contribution is 2.29. The summed E-state index contributed by atoms with van der Waals surface area (Å²) >= 11 is 0. The Morgan fingerprint density at radius 2 is 1.44 bits per heavy atom. The molecular weight excluding hydrogens is 310 g/mol. The van der Waals surface area contributed by atoms with Gasteiger partial charge in [0.1, 0.15) is 5.82 Å². The Morgan fingerprint density at radius 1 is 0.840 bits per heavy atom. The van der Waals surface area contributed by atoms with Crippen LogP contribution in [0, 0.1) is 6.92 Å². The molecule has 0 fully saturated rings. The summed E-state index contributed by atoms with van der Waals surface area (Å²) in [4.78, 5) is 22.1. The summed E-state index contributed by atoms with van der Waals surface area (Å²) < 4.78 is 1.57. The first kappa shape index (κ1) is 15.3. The van der Waals surface area contributed by atoms with E-state index in [0.29, 0.717) is 16.9 Å². The first-order chi connectivity index (χ1) is 12.1. The second-order valence-corrected chi connectivity index (χ2v) is 6.01. The third-order valence-electron chi connectivity index (χ3n) is 4.43. The molecule has 2 aromatic heterocycles. The molecule has 0 bridgehead atoms. The Hall–Kier alpha value is -3.27. The smallest absolute Gasteiger partial charge is 0.263 e. The van der Waals surface area contributed by atoms with Crippen LogP contribution in [-0.4, -0.2) is 14.5 Å². The number of fused-ring (bicyclic) bond motifs is 1. The number of aryl methyl sites for hydroxylation is 1. The Labute approximate surface area is 145 Å². The van der Waals surface area contributed by atoms with E-state index in [1.807, 2.05) is 73.7 Å². The zero-order chi connectivity index (χ0) is 17.4. The van der Waals surface area contributed by atoms with Crippen LogP contribution in [0.2, 0.25) is 0 Å². The second kappa shape index (κ2) is 5.98. The lowest BCUT2D eigenvalue weighted by atomic mass is 10.0. The molecule has 0 saturated heterocycles. The normalized spacial score (nSPS) is 11.0. The van der Waals surface area contributed by atoms with Gasteiger partial charge in [-0.3, -0.25) is 9.36 Å². The number of pyridine rings is 1. The molecule has 0 aliphatic heterocycles. The Bertz CT molecular complexity index is 1120. The van der Waals surface area contributed by atoms with Crippen molar-refractivity contribution >= 4 is 11.0 Å². The van der Waals surface area contributed by atoms with Gasteiger partial charge in [0.25, 0.3) is 5.56 Å². The van der Waals surface area contributed by atoms with Crippen LogP contribution in [0.1, 0.15) is 5.82 Å². The molecule has 0 saturated carbocycles. The van der Waals surface area contributed by atoms with Crippen molar-refractivity contribution in [1.29, 1.82) is 0 Å². The number of hydrogen-bond acceptors (Lipinski definition) is 3. The quantitative estimate of drug-likeness (QED) is 0.560. The molecule has 0 aliphatic rings. The third-order valence-corrected chi connectivity index (χ3v) is 4.43. The number of aromatic nitrogens is 3. The van der Waals surface area contributed by atoms with E-state index in [9.17, 15) is 4.79 Å². The maximum absolute atomic E-state index is 12.9. The van der Waals surface area contributed by atoms with E-state index in [4.69, 9.17) is 0 Å². The molecule has 122 valence electrons. The minimum atomic E-state index is -0.0755. The van der Waals surface area contributed by atoms with Crippen molar-refractivity contribution in [3.05, 3.63) is 82.9 Å². The Balaban J connectivity index is 2.13. The topological polar surface area (TPSA) is 47.8 Å². The molecule has 0 amide bonds. The summed E-state index contributed by atoms with van der Waals surface area (Å²) in [7, 11) is 1.74. The molecule has 4 rings (SSSR count). The predicted octanol–water partition coefficient (Wildman–Crippen LogP) is 3.97. The van der Waals surface area contributed by atoms with E-state index in [1.54, 1.807) is 11.6 Å². The van der Waals surface area contributed by atoms with Crippen LogP contribution in [-0.2, 0) is 7.05 Å². The van der Waals surface area contributed by atoms with Crippen molar-refractivity contribution in [2.75, 3.05) is 0 Å². The standard InChI is InChI=1S/C21H17N3O/c1-14-22-20-19(21(25)24(14)2)17(15-9-5-3-6-10-15)13-18(23-20)16-11-7-4-8-12-16/h3-13H,1-2H3. The number of benzene rings is 2. The van der Waals surface area contributed by atoms with Crippen molar-refractivity contribution < 1.29 is 0 Å². The van der Waals surface area contributed by atoms with Crippen LogP contribution in [0.15, 0.2) is 71.5 Å². The van der Waals surface area contributed by atoms with Crippen molar-refractivity contribution in [3.8, 4) is 22.4 Å².